The number of nitrogens with zero attached hydrogens (tertiary/aromatic N) is 2. The number of amides is 1. The SMILES string of the molecule is CCOc1nc(C(=O)N2CCCC(CO)(OC)C2)co1. The van der Waals surface area contributed by atoms with Crippen molar-refractivity contribution in [3.05, 3.63) is 12.0 Å². The highest BCUT2D eigenvalue weighted by molar-refractivity contribution is 5.92. The van der Waals surface area contributed by atoms with Gasteiger partial charge in [0.2, 0.25) is 0 Å². The number of aromatic nitrogens is 1. The van der Waals surface area contributed by atoms with Crippen LogP contribution in [0.4, 0.5) is 0 Å². The minimum Gasteiger partial charge on any atom is -0.450 e. The number of aliphatic hydroxyl groups is 1. The summed E-state index contributed by atoms with van der Waals surface area (Å²) >= 11 is 0. The van der Waals surface area contributed by atoms with Gasteiger partial charge in [-0.1, -0.05) is 0 Å². The van der Waals surface area contributed by atoms with E-state index in [9.17, 15) is 9.90 Å². The molecule has 0 spiro atoms. The average molecular weight is 284 g/mol. The third-order valence-corrected chi connectivity index (χ3v) is 3.52. The normalized spacial score (nSPS) is 22.9. The Hall–Kier alpha value is -1.60. The summed E-state index contributed by atoms with van der Waals surface area (Å²) in [6.07, 6.45) is 2.88. The van der Waals surface area contributed by atoms with Crippen LogP contribution in [0, 0.1) is 0 Å². The van der Waals surface area contributed by atoms with Crippen LogP contribution in [0.2, 0.25) is 0 Å². The van der Waals surface area contributed by atoms with E-state index in [-0.39, 0.29) is 24.3 Å². The standard InChI is InChI=1S/C13H20N2O5/c1-3-19-12-14-10(7-20-12)11(17)15-6-4-5-13(8-15,9-16)18-2/h7,16H,3-6,8-9H2,1-2H3. The van der Waals surface area contributed by atoms with Gasteiger partial charge in [-0.15, -0.1) is 0 Å². The molecule has 1 amide bonds. The Labute approximate surface area is 117 Å². The molecule has 20 heavy (non-hydrogen) atoms. The lowest BCUT2D eigenvalue weighted by atomic mass is 9.93. The third kappa shape index (κ3) is 2.94. The molecule has 0 radical (unpaired) electrons. The zero-order valence-corrected chi connectivity index (χ0v) is 11.8. The van der Waals surface area contributed by atoms with Crippen LogP contribution < -0.4 is 4.74 Å². The van der Waals surface area contributed by atoms with Crippen LogP contribution in [0.25, 0.3) is 0 Å². The minimum atomic E-state index is -0.680. The van der Waals surface area contributed by atoms with E-state index < -0.39 is 5.60 Å². The van der Waals surface area contributed by atoms with Crippen LogP contribution in [0.1, 0.15) is 30.3 Å². The van der Waals surface area contributed by atoms with Crippen LogP contribution >= 0.6 is 0 Å². The fraction of sp³-hybridized carbons (Fsp3) is 0.692. The van der Waals surface area contributed by atoms with Crippen LogP contribution in [0.5, 0.6) is 6.08 Å². The van der Waals surface area contributed by atoms with Crippen molar-refractivity contribution >= 4 is 5.91 Å². The molecule has 1 saturated heterocycles. The molecule has 1 atom stereocenters. The number of carbonyl (C=O) groups excluding carboxylic acids is 1. The second kappa shape index (κ2) is 6.23. The van der Waals surface area contributed by atoms with Crippen LogP contribution in [-0.2, 0) is 4.74 Å². The van der Waals surface area contributed by atoms with E-state index in [1.165, 1.54) is 6.26 Å². The quantitative estimate of drug-likeness (QED) is 0.856. The molecule has 1 fully saturated rings. The molecule has 7 heteroatoms. The zero-order chi connectivity index (χ0) is 14.6. The van der Waals surface area contributed by atoms with Crippen LogP contribution in [0.3, 0.4) is 0 Å². The van der Waals surface area contributed by atoms with Gasteiger partial charge in [-0.2, -0.15) is 4.98 Å². The van der Waals surface area contributed by atoms with Gasteiger partial charge in [-0.25, -0.2) is 0 Å². The maximum absolute atomic E-state index is 12.3. The molecule has 0 bridgehead atoms. The summed E-state index contributed by atoms with van der Waals surface area (Å²) in [6.45, 7) is 3.08. The molecule has 0 aromatic carbocycles. The largest absolute Gasteiger partial charge is 0.450 e. The van der Waals surface area contributed by atoms with Crippen molar-refractivity contribution in [1.82, 2.24) is 9.88 Å². The number of methoxy groups -OCH3 is 1. The van der Waals surface area contributed by atoms with Gasteiger partial charge in [0.15, 0.2) is 5.69 Å². The molecule has 1 N–H and O–H groups in total. The number of piperidine rings is 1. The third-order valence-electron chi connectivity index (χ3n) is 3.52. The fourth-order valence-electron chi connectivity index (χ4n) is 2.34. The number of ether oxygens (including phenoxy) is 2. The monoisotopic (exact) mass is 284 g/mol. The Balaban J connectivity index is 2.07. The Kier molecular flexibility index (Phi) is 4.61. The van der Waals surface area contributed by atoms with Crippen LogP contribution in [-0.4, -0.2) is 59.9 Å². The molecule has 0 aliphatic carbocycles. The second-order valence-corrected chi connectivity index (χ2v) is 4.81. The number of hydrogen-bond donors (Lipinski definition) is 1. The van der Waals surface area contributed by atoms with Gasteiger partial charge in [0.1, 0.15) is 11.9 Å². The summed E-state index contributed by atoms with van der Waals surface area (Å²) in [4.78, 5) is 18.0. The lowest BCUT2D eigenvalue weighted by Gasteiger charge is -2.40. The first-order valence-electron chi connectivity index (χ1n) is 6.68. The summed E-state index contributed by atoms with van der Waals surface area (Å²) in [6, 6.07) is 0. The smallest absolute Gasteiger partial charge is 0.394 e. The highest BCUT2D eigenvalue weighted by Gasteiger charge is 2.37. The molecule has 1 aromatic rings. The zero-order valence-electron chi connectivity index (χ0n) is 11.8. The number of carbonyl (C=O) groups is 1. The highest BCUT2D eigenvalue weighted by Crippen LogP contribution is 2.25. The van der Waals surface area contributed by atoms with Gasteiger partial charge in [0.25, 0.3) is 5.91 Å². The van der Waals surface area contributed by atoms with Gasteiger partial charge in [0.05, 0.1) is 19.8 Å². The maximum Gasteiger partial charge on any atom is 0.394 e. The number of hydrogen-bond acceptors (Lipinski definition) is 6. The molecular formula is C13H20N2O5. The lowest BCUT2D eigenvalue weighted by molar-refractivity contribution is -0.0884. The molecular weight excluding hydrogens is 264 g/mol. The Morgan fingerprint density at radius 1 is 1.65 bits per heavy atom. The van der Waals surface area contributed by atoms with E-state index in [4.69, 9.17) is 13.9 Å². The maximum atomic E-state index is 12.3. The molecule has 1 unspecified atom stereocenters. The highest BCUT2D eigenvalue weighted by atomic mass is 16.6. The lowest BCUT2D eigenvalue weighted by Crippen LogP contribution is -2.53. The number of aliphatic hydroxyl groups excluding tert-OH is 1. The van der Waals surface area contributed by atoms with Crippen molar-refractivity contribution < 1.29 is 23.8 Å². The number of likely N-dealkylation sites (tertiary alicyclic amines) is 1. The van der Waals surface area contributed by atoms with E-state index in [2.05, 4.69) is 4.98 Å². The van der Waals surface area contributed by atoms with E-state index in [1.54, 1.807) is 12.0 Å². The van der Waals surface area contributed by atoms with Gasteiger partial charge in [-0.3, -0.25) is 4.79 Å². The van der Waals surface area contributed by atoms with Crippen molar-refractivity contribution in [3.8, 4) is 6.08 Å². The van der Waals surface area contributed by atoms with E-state index in [0.29, 0.717) is 19.7 Å². The van der Waals surface area contributed by atoms with E-state index in [0.717, 1.165) is 12.8 Å². The van der Waals surface area contributed by atoms with Crippen molar-refractivity contribution in [2.75, 3.05) is 33.4 Å². The van der Waals surface area contributed by atoms with Crippen molar-refractivity contribution in [1.29, 1.82) is 0 Å². The van der Waals surface area contributed by atoms with Gasteiger partial charge in [-0.05, 0) is 19.8 Å². The van der Waals surface area contributed by atoms with Gasteiger partial charge < -0.3 is 23.9 Å². The Bertz CT molecular complexity index is 455. The number of rotatable bonds is 5. The molecule has 2 heterocycles. The first-order valence-corrected chi connectivity index (χ1v) is 6.68. The van der Waals surface area contributed by atoms with E-state index >= 15 is 0 Å². The molecule has 1 aliphatic heterocycles. The molecule has 1 aliphatic rings. The molecule has 2 rings (SSSR count). The van der Waals surface area contributed by atoms with Gasteiger partial charge in [0, 0.05) is 13.7 Å². The van der Waals surface area contributed by atoms with Crippen LogP contribution in [0.15, 0.2) is 10.7 Å². The summed E-state index contributed by atoms with van der Waals surface area (Å²) in [5, 5.41) is 9.47. The summed E-state index contributed by atoms with van der Waals surface area (Å²) < 4.78 is 15.5. The Morgan fingerprint density at radius 2 is 2.45 bits per heavy atom. The fourth-order valence-corrected chi connectivity index (χ4v) is 2.34. The predicted molar refractivity (Wildman–Crippen MR) is 69.6 cm³/mol. The summed E-state index contributed by atoms with van der Waals surface area (Å²) in [5.74, 6) is -0.241. The minimum absolute atomic E-state index is 0.0908. The summed E-state index contributed by atoms with van der Waals surface area (Å²) in [7, 11) is 1.55. The molecule has 112 valence electrons. The summed E-state index contributed by atoms with van der Waals surface area (Å²) in [5.41, 5.74) is -0.473. The molecule has 1 aromatic heterocycles. The van der Waals surface area contributed by atoms with Crippen molar-refractivity contribution in [2.24, 2.45) is 0 Å². The number of oxazole rings is 1. The first kappa shape index (κ1) is 14.8. The van der Waals surface area contributed by atoms with Crippen molar-refractivity contribution in [3.63, 3.8) is 0 Å². The van der Waals surface area contributed by atoms with E-state index in [1.807, 2.05) is 6.92 Å². The molecule has 0 saturated carbocycles. The average Bonchev–Trinajstić information content (AvgIpc) is 2.95. The molecule has 7 nitrogen and oxygen atoms in total. The van der Waals surface area contributed by atoms with Gasteiger partial charge >= 0.3 is 6.08 Å². The topological polar surface area (TPSA) is 85.0 Å². The second-order valence-electron chi connectivity index (χ2n) is 4.81. The van der Waals surface area contributed by atoms with Crippen molar-refractivity contribution in [2.45, 2.75) is 25.4 Å². The first-order chi connectivity index (χ1) is 9.64. The predicted octanol–water partition coefficient (Wildman–Crippen LogP) is 0.687. The Morgan fingerprint density at radius 3 is 3.10 bits per heavy atom.